The van der Waals surface area contributed by atoms with Crippen LogP contribution in [-0.4, -0.2) is 16.7 Å². The highest BCUT2D eigenvalue weighted by Crippen LogP contribution is 2.22. The highest BCUT2D eigenvalue weighted by atomic mass is 16.4. The summed E-state index contributed by atoms with van der Waals surface area (Å²) < 4.78 is 5.53. The van der Waals surface area contributed by atoms with Gasteiger partial charge in [0.25, 0.3) is 0 Å². The maximum Gasteiger partial charge on any atom is 0.194 e. The lowest BCUT2D eigenvalue weighted by atomic mass is 9.94. The average Bonchev–Trinajstić information content (AvgIpc) is 2.47. The van der Waals surface area contributed by atoms with E-state index in [0.717, 1.165) is 11.7 Å². The van der Waals surface area contributed by atoms with Crippen molar-refractivity contribution >= 4 is 0 Å². The SMILES string of the molecule is CC(C)(C)c1cnc(CCCO)o1. The molecule has 74 valence electrons. The second kappa shape index (κ2) is 3.92. The van der Waals surface area contributed by atoms with Crippen molar-refractivity contribution in [3.63, 3.8) is 0 Å². The van der Waals surface area contributed by atoms with Crippen LogP contribution in [0.2, 0.25) is 0 Å². The van der Waals surface area contributed by atoms with E-state index < -0.39 is 0 Å². The summed E-state index contributed by atoms with van der Waals surface area (Å²) in [6.45, 7) is 6.45. The van der Waals surface area contributed by atoms with Crippen molar-refractivity contribution < 1.29 is 9.52 Å². The first-order valence-corrected chi connectivity index (χ1v) is 4.60. The zero-order valence-electron chi connectivity index (χ0n) is 8.50. The van der Waals surface area contributed by atoms with E-state index in [1.54, 1.807) is 6.20 Å². The molecular weight excluding hydrogens is 166 g/mol. The van der Waals surface area contributed by atoms with Crippen molar-refractivity contribution in [1.29, 1.82) is 0 Å². The van der Waals surface area contributed by atoms with Gasteiger partial charge in [0.05, 0.1) is 6.20 Å². The molecule has 1 heterocycles. The Hall–Kier alpha value is -0.830. The van der Waals surface area contributed by atoms with Gasteiger partial charge in [-0.05, 0) is 6.42 Å². The van der Waals surface area contributed by atoms with Crippen LogP contribution in [0.3, 0.4) is 0 Å². The Morgan fingerprint density at radius 1 is 1.46 bits per heavy atom. The lowest BCUT2D eigenvalue weighted by molar-refractivity contribution is 0.280. The number of aryl methyl sites for hydroxylation is 1. The van der Waals surface area contributed by atoms with Crippen molar-refractivity contribution in [2.45, 2.75) is 39.0 Å². The van der Waals surface area contributed by atoms with Crippen LogP contribution in [0.15, 0.2) is 10.6 Å². The molecule has 0 aliphatic carbocycles. The molecule has 1 aromatic rings. The first kappa shape index (κ1) is 10.3. The predicted molar refractivity (Wildman–Crippen MR) is 50.6 cm³/mol. The van der Waals surface area contributed by atoms with Gasteiger partial charge >= 0.3 is 0 Å². The van der Waals surface area contributed by atoms with Crippen LogP contribution in [0.5, 0.6) is 0 Å². The normalized spacial score (nSPS) is 12.0. The molecule has 1 aromatic heterocycles. The summed E-state index contributed by atoms with van der Waals surface area (Å²) >= 11 is 0. The van der Waals surface area contributed by atoms with Gasteiger partial charge < -0.3 is 9.52 Å². The van der Waals surface area contributed by atoms with Gasteiger partial charge in [-0.1, -0.05) is 20.8 Å². The Bertz CT molecular complexity index is 260. The molecule has 0 saturated heterocycles. The molecule has 0 radical (unpaired) electrons. The van der Waals surface area contributed by atoms with E-state index in [-0.39, 0.29) is 12.0 Å². The smallest absolute Gasteiger partial charge is 0.194 e. The third-order valence-corrected chi connectivity index (χ3v) is 1.84. The molecule has 1 N–H and O–H groups in total. The van der Waals surface area contributed by atoms with E-state index in [4.69, 9.17) is 9.52 Å². The zero-order valence-corrected chi connectivity index (χ0v) is 8.50. The summed E-state index contributed by atoms with van der Waals surface area (Å²) in [5, 5.41) is 8.62. The molecule has 3 nitrogen and oxygen atoms in total. The maximum atomic E-state index is 8.62. The minimum absolute atomic E-state index is 0.0183. The maximum absolute atomic E-state index is 8.62. The number of aliphatic hydroxyl groups is 1. The molecule has 0 aromatic carbocycles. The molecule has 13 heavy (non-hydrogen) atoms. The zero-order chi connectivity index (χ0) is 9.90. The fourth-order valence-electron chi connectivity index (χ4n) is 1.00. The molecule has 3 heteroatoms. The topological polar surface area (TPSA) is 46.3 Å². The number of aromatic nitrogens is 1. The summed E-state index contributed by atoms with van der Waals surface area (Å²) in [7, 11) is 0. The second-order valence-corrected chi connectivity index (χ2v) is 4.20. The molecule has 0 atom stereocenters. The van der Waals surface area contributed by atoms with Crippen LogP contribution >= 0.6 is 0 Å². The lowest BCUT2D eigenvalue weighted by Gasteiger charge is -2.12. The van der Waals surface area contributed by atoms with Crippen molar-refractivity contribution in [1.82, 2.24) is 4.98 Å². The third-order valence-electron chi connectivity index (χ3n) is 1.84. The first-order chi connectivity index (χ1) is 6.04. The van der Waals surface area contributed by atoms with E-state index in [2.05, 4.69) is 25.8 Å². The van der Waals surface area contributed by atoms with Gasteiger partial charge in [0.15, 0.2) is 5.89 Å². The Labute approximate surface area is 78.8 Å². The number of hydrogen-bond acceptors (Lipinski definition) is 3. The summed E-state index contributed by atoms with van der Waals surface area (Å²) in [5.41, 5.74) is 0.0183. The molecular formula is C10H17NO2. The Morgan fingerprint density at radius 3 is 2.62 bits per heavy atom. The molecule has 0 aliphatic heterocycles. The average molecular weight is 183 g/mol. The van der Waals surface area contributed by atoms with Crippen LogP contribution in [0.1, 0.15) is 38.8 Å². The van der Waals surface area contributed by atoms with Crippen molar-refractivity contribution in [2.75, 3.05) is 6.61 Å². The van der Waals surface area contributed by atoms with Crippen molar-refractivity contribution in [3.8, 4) is 0 Å². The summed E-state index contributed by atoms with van der Waals surface area (Å²) in [5.74, 6) is 1.62. The van der Waals surface area contributed by atoms with Gasteiger partial charge in [-0.25, -0.2) is 4.98 Å². The van der Waals surface area contributed by atoms with Gasteiger partial charge in [0.2, 0.25) is 0 Å². The molecule has 1 rings (SSSR count). The Balaban J connectivity index is 2.64. The standard InChI is InChI=1S/C10H17NO2/c1-10(2,3)8-7-11-9(13-8)5-4-6-12/h7,12H,4-6H2,1-3H3. The summed E-state index contributed by atoms with van der Waals surface area (Å²) in [4.78, 5) is 4.14. The van der Waals surface area contributed by atoms with Crippen LogP contribution < -0.4 is 0 Å². The van der Waals surface area contributed by atoms with Gasteiger partial charge in [-0.3, -0.25) is 0 Å². The van der Waals surface area contributed by atoms with Crippen molar-refractivity contribution in [2.24, 2.45) is 0 Å². The highest BCUT2D eigenvalue weighted by Gasteiger charge is 2.18. The van der Waals surface area contributed by atoms with E-state index in [1.165, 1.54) is 0 Å². The number of nitrogens with zero attached hydrogens (tertiary/aromatic N) is 1. The predicted octanol–water partition coefficient (Wildman–Crippen LogP) is 1.90. The minimum atomic E-state index is 0.0183. The van der Waals surface area contributed by atoms with E-state index in [1.807, 2.05) is 0 Å². The molecule has 0 spiro atoms. The lowest BCUT2D eigenvalue weighted by Crippen LogP contribution is -2.09. The first-order valence-electron chi connectivity index (χ1n) is 4.60. The molecule has 0 aliphatic rings. The quantitative estimate of drug-likeness (QED) is 0.778. The largest absolute Gasteiger partial charge is 0.445 e. The number of aliphatic hydroxyl groups excluding tert-OH is 1. The van der Waals surface area contributed by atoms with Gasteiger partial charge in [-0.15, -0.1) is 0 Å². The number of hydrogen-bond donors (Lipinski definition) is 1. The van der Waals surface area contributed by atoms with Gasteiger partial charge in [-0.2, -0.15) is 0 Å². The Kier molecular flexibility index (Phi) is 3.09. The molecule has 0 amide bonds. The van der Waals surface area contributed by atoms with E-state index >= 15 is 0 Å². The van der Waals surface area contributed by atoms with E-state index in [9.17, 15) is 0 Å². The minimum Gasteiger partial charge on any atom is -0.445 e. The van der Waals surface area contributed by atoms with Crippen LogP contribution in [0.4, 0.5) is 0 Å². The van der Waals surface area contributed by atoms with Crippen molar-refractivity contribution in [3.05, 3.63) is 17.8 Å². The van der Waals surface area contributed by atoms with Crippen LogP contribution in [0.25, 0.3) is 0 Å². The summed E-state index contributed by atoms with van der Waals surface area (Å²) in [6.07, 6.45) is 3.20. The summed E-state index contributed by atoms with van der Waals surface area (Å²) in [6, 6.07) is 0. The number of oxazole rings is 1. The monoisotopic (exact) mass is 183 g/mol. The van der Waals surface area contributed by atoms with E-state index in [0.29, 0.717) is 12.8 Å². The fraction of sp³-hybridized carbons (Fsp3) is 0.700. The van der Waals surface area contributed by atoms with Crippen LogP contribution in [0, 0.1) is 0 Å². The van der Waals surface area contributed by atoms with Gasteiger partial charge in [0.1, 0.15) is 5.76 Å². The molecule has 0 fully saturated rings. The molecule has 0 unspecified atom stereocenters. The number of rotatable bonds is 3. The second-order valence-electron chi connectivity index (χ2n) is 4.20. The third kappa shape index (κ3) is 2.84. The van der Waals surface area contributed by atoms with Crippen LogP contribution in [-0.2, 0) is 11.8 Å². The Morgan fingerprint density at radius 2 is 2.15 bits per heavy atom. The molecule has 0 saturated carbocycles. The molecule has 0 bridgehead atoms. The highest BCUT2D eigenvalue weighted by molar-refractivity contribution is 5.05. The fourth-order valence-corrected chi connectivity index (χ4v) is 1.00. The van der Waals surface area contributed by atoms with Gasteiger partial charge in [0, 0.05) is 18.4 Å².